The van der Waals surface area contributed by atoms with Gasteiger partial charge in [0.25, 0.3) is 0 Å². The molecular weight excluding hydrogens is 257 g/mol. The van der Waals surface area contributed by atoms with Crippen LogP contribution in [0.1, 0.15) is 32.6 Å². The third kappa shape index (κ3) is 7.13. The van der Waals surface area contributed by atoms with Crippen LogP contribution in [0.15, 0.2) is 0 Å². The molecule has 2 atom stereocenters. The average Bonchev–Trinajstić information content (AvgIpc) is 2.33. The lowest BCUT2D eigenvalue weighted by atomic mass is 9.90. The second-order valence-electron chi connectivity index (χ2n) is 5.42. The first-order valence-electron chi connectivity index (χ1n) is 7.08. The molecule has 0 bridgehead atoms. The van der Waals surface area contributed by atoms with Gasteiger partial charge in [0, 0.05) is 25.7 Å². The zero-order valence-corrected chi connectivity index (χ0v) is 11.5. The Kier molecular flexibility index (Phi) is 7.10. The zero-order valence-electron chi connectivity index (χ0n) is 11.5. The summed E-state index contributed by atoms with van der Waals surface area (Å²) in [6.45, 7) is 3.89. The normalized spacial score (nSPS) is 25.7. The highest BCUT2D eigenvalue weighted by molar-refractivity contribution is 4.84. The Morgan fingerprint density at radius 1 is 1.32 bits per heavy atom. The van der Waals surface area contributed by atoms with Gasteiger partial charge in [0.15, 0.2) is 0 Å². The maximum absolute atomic E-state index is 12.2. The van der Waals surface area contributed by atoms with Gasteiger partial charge in [0.05, 0.1) is 6.54 Å². The maximum atomic E-state index is 12.2. The van der Waals surface area contributed by atoms with Crippen LogP contribution in [-0.2, 0) is 0 Å². The number of nitrogens with zero attached hydrogens (tertiary/aromatic N) is 1. The highest BCUT2D eigenvalue weighted by Gasteiger charge is 2.31. The minimum absolute atomic E-state index is 0.0920. The first-order valence-corrected chi connectivity index (χ1v) is 7.08. The summed E-state index contributed by atoms with van der Waals surface area (Å²) in [5.41, 5.74) is 0. The predicted octanol–water partition coefficient (Wildman–Crippen LogP) is 2.01. The Morgan fingerprint density at radius 2 is 2.05 bits per heavy atom. The van der Waals surface area contributed by atoms with Gasteiger partial charge in [-0.3, -0.25) is 0 Å². The van der Waals surface area contributed by atoms with Gasteiger partial charge < -0.3 is 15.3 Å². The summed E-state index contributed by atoms with van der Waals surface area (Å²) < 4.78 is 36.7. The van der Waals surface area contributed by atoms with E-state index < -0.39 is 12.7 Å². The Morgan fingerprint density at radius 3 is 2.63 bits per heavy atom. The largest absolute Gasteiger partial charge is 0.401 e. The molecule has 1 heterocycles. The summed E-state index contributed by atoms with van der Waals surface area (Å²) in [7, 11) is 0. The Bertz CT molecular complexity index is 249. The number of nitrogens with one attached hydrogen (secondary N) is 1. The smallest absolute Gasteiger partial charge is 0.396 e. The molecule has 1 fully saturated rings. The van der Waals surface area contributed by atoms with Gasteiger partial charge in [-0.2, -0.15) is 13.2 Å². The Labute approximate surface area is 113 Å². The fraction of sp³-hybridized carbons (Fsp3) is 1.00. The molecule has 0 amide bonds. The molecule has 1 aliphatic heterocycles. The van der Waals surface area contributed by atoms with Crippen LogP contribution in [0.3, 0.4) is 0 Å². The number of alkyl halides is 3. The molecule has 0 aliphatic carbocycles. The number of aliphatic hydroxyl groups excluding tert-OH is 1. The second-order valence-corrected chi connectivity index (χ2v) is 5.42. The maximum Gasteiger partial charge on any atom is 0.401 e. The van der Waals surface area contributed by atoms with Gasteiger partial charge in [-0.1, -0.05) is 6.92 Å². The third-order valence-electron chi connectivity index (χ3n) is 3.51. The summed E-state index contributed by atoms with van der Waals surface area (Å²) in [5, 5.41) is 11.5. The number of rotatable bonds is 7. The molecule has 1 saturated heterocycles. The first kappa shape index (κ1) is 16.7. The second kappa shape index (κ2) is 8.07. The number of piperidine rings is 1. The minimum Gasteiger partial charge on any atom is -0.396 e. The van der Waals surface area contributed by atoms with Gasteiger partial charge in [-0.05, 0) is 38.1 Å². The van der Waals surface area contributed by atoms with E-state index >= 15 is 0 Å². The number of hydrogen-bond donors (Lipinski definition) is 2. The van der Waals surface area contributed by atoms with Crippen molar-refractivity contribution in [3.8, 4) is 0 Å². The van der Waals surface area contributed by atoms with Crippen LogP contribution >= 0.6 is 0 Å². The van der Waals surface area contributed by atoms with Gasteiger partial charge in [0.1, 0.15) is 0 Å². The van der Waals surface area contributed by atoms with Crippen molar-refractivity contribution >= 4 is 0 Å². The van der Waals surface area contributed by atoms with Gasteiger partial charge in [-0.25, -0.2) is 0 Å². The molecule has 1 rings (SSSR count). The quantitative estimate of drug-likeness (QED) is 0.750. The van der Waals surface area contributed by atoms with Gasteiger partial charge in [0.2, 0.25) is 0 Å². The molecule has 6 heteroatoms. The van der Waals surface area contributed by atoms with E-state index in [2.05, 4.69) is 17.1 Å². The standard InChI is InChI=1S/C13H25F3N2O/c1-2-5-18-8-11(4-3-6-19)7-12(9-18)17-10-13(14,15)16/h11-12,17,19H,2-10H2,1H3. The SMILES string of the molecule is CCCN1CC(CCCO)CC(NCC(F)(F)F)C1. The summed E-state index contributed by atoms with van der Waals surface area (Å²) in [6, 6.07) is -0.0920. The minimum atomic E-state index is -4.15. The molecule has 1 aliphatic rings. The van der Waals surface area contributed by atoms with Crippen LogP contribution in [0.2, 0.25) is 0 Å². The highest BCUT2D eigenvalue weighted by Crippen LogP contribution is 2.22. The molecule has 114 valence electrons. The van der Waals surface area contributed by atoms with Crippen LogP contribution in [0, 0.1) is 5.92 Å². The Balaban J connectivity index is 2.44. The number of halogens is 3. The molecule has 0 radical (unpaired) electrons. The van der Waals surface area contributed by atoms with Crippen LogP contribution in [0.25, 0.3) is 0 Å². The van der Waals surface area contributed by atoms with E-state index in [4.69, 9.17) is 5.11 Å². The molecule has 3 nitrogen and oxygen atoms in total. The van der Waals surface area contributed by atoms with E-state index in [9.17, 15) is 13.2 Å². The molecule has 2 unspecified atom stereocenters. The van der Waals surface area contributed by atoms with Crippen LogP contribution in [0.4, 0.5) is 13.2 Å². The van der Waals surface area contributed by atoms with Gasteiger partial charge >= 0.3 is 6.18 Å². The number of aliphatic hydroxyl groups is 1. The average molecular weight is 282 g/mol. The van der Waals surface area contributed by atoms with Crippen LogP contribution in [0.5, 0.6) is 0 Å². The fourth-order valence-corrected chi connectivity index (χ4v) is 2.80. The van der Waals surface area contributed by atoms with Crippen molar-refractivity contribution in [1.82, 2.24) is 10.2 Å². The predicted molar refractivity (Wildman–Crippen MR) is 69.0 cm³/mol. The van der Waals surface area contributed by atoms with E-state index in [0.29, 0.717) is 12.5 Å². The number of hydrogen-bond acceptors (Lipinski definition) is 3. The molecule has 0 aromatic heterocycles. The molecule has 2 N–H and O–H groups in total. The van der Waals surface area contributed by atoms with Crippen molar-refractivity contribution in [3.63, 3.8) is 0 Å². The molecule has 0 saturated carbocycles. The van der Waals surface area contributed by atoms with E-state index in [1.165, 1.54) is 0 Å². The van der Waals surface area contributed by atoms with Crippen molar-refractivity contribution in [1.29, 1.82) is 0 Å². The van der Waals surface area contributed by atoms with Gasteiger partial charge in [-0.15, -0.1) is 0 Å². The van der Waals surface area contributed by atoms with Crippen molar-refractivity contribution < 1.29 is 18.3 Å². The van der Waals surface area contributed by atoms with Crippen LogP contribution in [-0.4, -0.2) is 55.0 Å². The van der Waals surface area contributed by atoms with Crippen molar-refractivity contribution in [2.75, 3.05) is 32.8 Å². The lowest BCUT2D eigenvalue weighted by Gasteiger charge is -2.38. The van der Waals surface area contributed by atoms with E-state index in [1.807, 2.05) is 0 Å². The molecule has 0 aromatic rings. The van der Waals surface area contributed by atoms with E-state index in [1.54, 1.807) is 0 Å². The summed E-state index contributed by atoms with van der Waals surface area (Å²) >= 11 is 0. The van der Waals surface area contributed by atoms with E-state index in [-0.39, 0.29) is 12.6 Å². The van der Waals surface area contributed by atoms with E-state index in [0.717, 1.165) is 38.8 Å². The molecule has 0 aromatic carbocycles. The van der Waals surface area contributed by atoms with Crippen LogP contribution < -0.4 is 5.32 Å². The van der Waals surface area contributed by atoms with Crippen molar-refractivity contribution in [2.45, 2.75) is 44.8 Å². The van der Waals surface area contributed by atoms with Crippen molar-refractivity contribution in [2.24, 2.45) is 5.92 Å². The van der Waals surface area contributed by atoms with Crippen molar-refractivity contribution in [3.05, 3.63) is 0 Å². The summed E-state index contributed by atoms with van der Waals surface area (Å²) in [5.74, 6) is 0.387. The molecule has 19 heavy (non-hydrogen) atoms. The lowest BCUT2D eigenvalue weighted by Crippen LogP contribution is -2.51. The lowest BCUT2D eigenvalue weighted by molar-refractivity contribution is -0.127. The first-order chi connectivity index (χ1) is 8.94. The molecular formula is C13H25F3N2O. The summed E-state index contributed by atoms with van der Waals surface area (Å²) in [4.78, 5) is 2.24. The highest BCUT2D eigenvalue weighted by atomic mass is 19.4. The fourth-order valence-electron chi connectivity index (χ4n) is 2.80. The monoisotopic (exact) mass is 282 g/mol. The topological polar surface area (TPSA) is 35.5 Å². The number of likely N-dealkylation sites (tertiary alicyclic amines) is 1. The Hall–Kier alpha value is -0.330. The third-order valence-corrected chi connectivity index (χ3v) is 3.51. The zero-order chi connectivity index (χ0) is 14.3. The molecule has 0 spiro atoms. The summed E-state index contributed by atoms with van der Waals surface area (Å²) in [6.07, 6.45) is -0.736.